The molecule has 1 saturated heterocycles. The summed E-state index contributed by atoms with van der Waals surface area (Å²) in [6.45, 7) is 1.72. The molecule has 0 atom stereocenters. The molecule has 10 heteroatoms. The number of hydrogen-bond acceptors (Lipinski definition) is 6. The van der Waals surface area contributed by atoms with E-state index >= 15 is 0 Å². The van der Waals surface area contributed by atoms with E-state index in [1.807, 2.05) is 29.0 Å². The van der Waals surface area contributed by atoms with Crippen molar-refractivity contribution in [1.29, 1.82) is 0 Å². The van der Waals surface area contributed by atoms with E-state index in [4.69, 9.17) is 21.1 Å². The lowest BCUT2D eigenvalue weighted by atomic mass is 9.92. The molecule has 3 aromatic rings. The fourth-order valence-corrected chi connectivity index (χ4v) is 5.50. The number of anilines is 2. The minimum Gasteiger partial charge on any atom is -0.493 e. The van der Waals surface area contributed by atoms with E-state index in [1.165, 1.54) is 24.9 Å². The van der Waals surface area contributed by atoms with Crippen LogP contribution in [0.5, 0.6) is 11.5 Å². The maximum Gasteiger partial charge on any atom is 0.319 e. The highest BCUT2D eigenvalue weighted by Crippen LogP contribution is 2.37. The second kappa shape index (κ2) is 11.6. The Labute approximate surface area is 227 Å². The fraction of sp³-hybridized carbons (Fsp3) is 0.464. The van der Waals surface area contributed by atoms with Gasteiger partial charge in [0.1, 0.15) is 18.0 Å². The Balaban J connectivity index is 1.28. The van der Waals surface area contributed by atoms with E-state index in [-0.39, 0.29) is 23.2 Å². The van der Waals surface area contributed by atoms with Gasteiger partial charge in [-0.3, -0.25) is 0 Å². The maximum absolute atomic E-state index is 13.6. The zero-order valence-electron chi connectivity index (χ0n) is 21.8. The van der Waals surface area contributed by atoms with Gasteiger partial charge in [0.2, 0.25) is 0 Å². The van der Waals surface area contributed by atoms with E-state index in [2.05, 4.69) is 15.3 Å². The quantitative estimate of drug-likeness (QED) is 0.389. The van der Waals surface area contributed by atoms with Crippen LogP contribution in [0.25, 0.3) is 10.9 Å². The monoisotopic (exact) mass is 541 g/mol. The first-order chi connectivity index (χ1) is 18.4. The number of hydrogen-bond donors (Lipinski definition) is 1. The highest BCUT2D eigenvalue weighted by atomic mass is 35.5. The molecule has 0 unspecified atom stereocenters. The van der Waals surface area contributed by atoms with E-state index in [0.717, 1.165) is 57.0 Å². The van der Waals surface area contributed by atoms with Crippen molar-refractivity contribution in [3.63, 3.8) is 0 Å². The number of likely N-dealkylation sites (tertiary alicyclic amines) is 1. The number of carbonyl (C=O) groups excluding carboxylic acids is 1. The van der Waals surface area contributed by atoms with Crippen LogP contribution in [-0.4, -0.2) is 65.2 Å². The number of halogens is 2. The van der Waals surface area contributed by atoms with Gasteiger partial charge in [-0.2, -0.15) is 0 Å². The summed E-state index contributed by atoms with van der Waals surface area (Å²) >= 11 is 5.95. The van der Waals surface area contributed by atoms with Crippen LogP contribution < -0.4 is 14.8 Å². The van der Waals surface area contributed by atoms with Gasteiger partial charge in [0.05, 0.1) is 23.8 Å². The summed E-state index contributed by atoms with van der Waals surface area (Å²) in [7, 11) is 3.53. The van der Waals surface area contributed by atoms with Crippen molar-refractivity contribution < 1.29 is 18.7 Å². The molecule has 1 saturated carbocycles. The number of amides is 2. The lowest BCUT2D eigenvalue weighted by Crippen LogP contribution is -2.49. The molecule has 0 spiro atoms. The minimum atomic E-state index is -0.484. The zero-order valence-corrected chi connectivity index (χ0v) is 22.5. The third-order valence-corrected chi connectivity index (χ3v) is 7.81. The SMILES string of the molecule is COc1cc2ncnc(Nc3ccc(F)c(Cl)c3)c2cc1O[C@H]1CC[C@@H](N(C)C(=O)N2CCCCC2)CC1. The molecule has 1 aromatic heterocycles. The molecule has 1 aliphatic heterocycles. The van der Waals surface area contributed by atoms with Crippen LogP contribution in [-0.2, 0) is 0 Å². The number of carbonyl (C=O) groups is 1. The van der Waals surface area contributed by atoms with Crippen LogP contribution in [0.15, 0.2) is 36.7 Å². The lowest BCUT2D eigenvalue weighted by molar-refractivity contribution is 0.0910. The Morgan fingerprint density at radius 2 is 1.84 bits per heavy atom. The second-order valence-corrected chi connectivity index (χ2v) is 10.4. The number of ether oxygens (including phenoxy) is 2. The van der Waals surface area contributed by atoms with Crippen LogP contribution in [0.1, 0.15) is 44.9 Å². The Kier molecular flexibility index (Phi) is 8.02. The Bertz CT molecular complexity index is 1290. The van der Waals surface area contributed by atoms with Crippen LogP contribution in [0, 0.1) is 5.82 Å². The normalized spacial score (nSPS) is 19.7. The third-order valence-electron chi connectivity index (χ3n) is 7.52. The van der Waals surface area contributed by atoms with E-state index < -0.39 is 5.82 Å². The number of urea groups is 1. The van der Waals surface area contributed by atoms with Gasteiger partial charge in [-0.15, -0.1) is 0 Å². The molecule has 202 valence electrons. The number of aromatic nitrogens is 2. The van der Waals surface area contributed by atoms with Gasteiger partial charge < -0.3 is 24.6 Å². The molecule has 5 rings (SSSR count). The number of benzene rings is 2. The highest BCUT2D eigenvalue weighted by molar-refractivity contribution is 6.31. The van der Waals surface area contributed by atoms with Gasteiger partial charge in [-0.05, 0) is 69.2 Å². The standard InChI is InChI=1S/C28H33ClFN5O3/c1-34(28(36)35-12-4-3-5-13-35)19-7-9-20(10-8-19)38-26-15-21-24(16-25(26)37-2)31-17-32-27(21)33-18-6-11-23(30)22(29)14-18/h6,11,14-17,19-20H,3-5,7-10,12-13H2,1-2H3,(H,31,32,33)/t19-,20+. The molecule has 2 heterocycles. The predicted octanol–water partition coefficient (Wildman–Crippen LogP) is 6.40. The molecule has 0 radical (unpaired) electrons. The zero-order chi connectivity index (χ0) is 26.6. The highest BCUT2D eigenvalue weighted by Gasteiger charge is 2.30. The first-order valence-corrected chi connectivity index (χ1v) is 13.5. The van der Waals surface area contributed by atoms with E-state index in [1.54, 1.807) is 13.2 Å². The summed E-state index contributed by atoms with van der Waals surface area (Å²) in [5, 5.41) is 3.97. The lowest BCUT2D eigenvalue weighted by Gasteiger charge is -2.38. The van der Waals surface area contributed by atoms with Gasteiger partial charge in [-0.1, -0.05) is 11.6 Å². The second-order valence-electron chi connectivity index (χ2n) is 9.99. The van der Waals surface area contributed by atoms with Gasteiger partial charge in [0, 0.05) is 43.3 Å². The van der Waals surface area contributed by atoms with Crippen LogP contribution >= 0.6 is 11.6 Å². The van der Waals surface area contributed by atoms with E-state index in [9.17, 15) is 9.18 Å². The van der Waals surface area contributed by atoms with Crippen LogP contribution in [0.2, 0.25) is 5.02 Å². The molecule has 2 amide bonds. The summed E-state index contributed by atoms with van der Waals surface area (Å²) < 4.78 is 25.7. The smallest absolute Gasteiger partial charge is 0.319 e. The molecule has 0 bridgehead atoms. The largest absolute Gasteiger partial charge is 0.493 e. The summed E-state index contributed by atoms with van der Waals surface area (Å²) in [6, 6.07) is 8.48. The van der Waals surface area contributed by atoms with Crippen molar-refractivity contribution in [2.75, 3.05) is 32.6 Å². The van der Waals surface area contributed by atoms with Crippen LogP contribution in [0.4, 0.5) is 20.7 Å². The van der Waals surface area contributed by atoms with Crippen molar-refractivity contribution in [2.24, 2.45) is 0 Å². The summed E-state index contributed by atoms with van der Waals surface area (Å²) in [5.41, 5.74) is 1.29. The molecule has 1 N–H and O–H groups in total. The molecule has 2 fully saturated rings. The Hall–Kier alpha value is -3.33. The Morgan fingerprint density at radius 3 is 2.55 bits per heavy atom. The number of rotatable bonds is 6. The molecular weight excluding hydrogens is 509 g/mol. The summed E-state index contributed by atoms with van der Waals surface area (Å²) in [4.78, 5) is 25.6. The molecule has 1 aliphatic carbocycles. The predicted molar refractivity (Wildman–Crippen MR) is 146 cm³/mol. The van der Waals surface area contributed by atoms with Crippen molar-refractivity contribution in [2.45, 2.75) is 57.1 Å². The van der Waals surface area contributed by atoms with Crippen molar-refractivity contribution in [3.8, 4) is 11.5 Å². The van der Waals surface area contributed by atoms with Gasteiger partial charge >= 0.3 is 6.03 Å². The van der Waals surface area contributed by atoms with Crippen molar-refractivity contribution in [3.05, 3.63) is 47.5 Å². The number of methoxy groups -OCH3 is 1. The van der Waals surface area contributed by atoms with Gasteiger partial charge in [-0.25, -0.2) is 19.2 Å². The molecule has 8 nitrogen and oxygen atoms in total. The fourth-order valence-electron chi connectivity index (χ4n) is 5.32. The topological polar surface area (TPSA) is 79.8 Å². The molecule has 2 aromatic carbocycles. The molecule has 2 aliphatic rings. The number of piperidine rings is 1. The van der Waals surface area contributed by atoms with Crippen molar-refractivity contribution >= 4 is 40.0 Å². The number of nitrogens with one attached hydrogen (secondary N) is 1. The molecule has 38 heavy (non-hydrogen) atoms. The molecular formula is C28H33ClFN5O3. The minimum absolute atomic E-state index is 0.00744. The van der Waals surface area contributed by atoms with Gasteiger partial charge in [0.15, 0.2) is 11.5 Å². The number of nitrogens with zero attached hydrogens (tertiary/aromatic N) is 4. The summed E-state index contributed by atoms with van der Waals surface area (Å²) in [5.74, 6) is 1.26. The average molecular weight is 542 g/mol. The number of fused-ring (bicyclic) bond motifs is 1. The summed E-state index contributed by atoms with van der Waals surface area (Å²) in [6.07, 6.45) is 8.31. The Morgan fingerprint density at radius 1 is 1.08 bits per heavy atom. The first-order valence-electron chi connectivity index (χ1n) is 13.2. The maximum atomic E-state index is 13.6. The van der Waals surface area contributed by atoms with Crippen molar-refractivity contribution in [1.82, 2.24) is 19.8 Å². The average Bonchev–Trinajstić information content (AvgIpc) is 2.95. The van der Waals surface area contributed by atoms with Crippen LogP contribution in [0.3, 0.4) is 0 Å². The third kappa shape index (κ3) is 5.72. The first kappa shape index (κ1) is 26.3. The van der Waals surface area contributed by atoms with Gasteiger partial charge in [0.25, 0.3) is 0 Å². The van der Waals surface area contributed by atoms with E-state index in [0.29, 0.717) is 28.5 Å².